The summed E-state index contributed by atoms with van der Waals surface area (Å²) in [5.41, 5.74) is 0.156. The minimum Gasteiger partial charge on any atom is -0.461 e. The SMILES string of the molecule is Cc1cc(=O)c2ccc(F)cc2o1. The Hall–Kier alpha value is -1.64. The summed E-state index contributed by atoms with van der Waals surface area (Å²) in [5, 5.41) is 0.409. The van der Waals surface area contributed by atoms with Gasteiger partial charge in [0, 0.05) is 12.1 Å². The van der Waals surface area contributed by atoms with Gasteiger partial charge in [0.25, 0.3) is 0 Å². The van der Waals surface area contributed by atoms with Crippen molar-refractivity contribution in [3.63, 3.8) is 0 Å². The lowest BCUT2D eigenvalue weighted by atomic mass is 10.2. The van der Waals surface area contributed by atoms with Crippen LogP contribution in [0.2, 0.25) is 0 Å². The summed E-state index contributed by atoms with van der Waals surface area (Å²) in [6.07, 6.45) is 0. The minimum absolute atomic E-state index is 0.140. The maximum Gasteiger partial charge on any atom is 0.192 e. The van der Waals surface area contributed by atoms with E-state index in [1.807, 2.05) is 0 Å². The van der Waals surface area contributed by atoms with Gasteiger partial charge in [0.15, 0.2) is 5.43 Å². The van der Waals surface area contributed by atoms with Gasteiger partial charge in [0.05, 0.1) is 5.39 Å². The van der Waals surface area contributed by atoms with Crippen molar-refractivity contribution in [3.05, 3.63) is 46.1 Å². The van der Waals surface area contributed by atoms with Crippen LogP contribution in [0, 0.1) is 12.7 Å². The number of fused-ring (bicyclic) bond motifs is 1. The third kappa shape index (κ3) is 1.33. The fourth-order valence-corrected chi connectivity index (χ4v) is 1.25. The van der Waals surface area contributed by atoms with Gasteiger partial charge in [-0.2, -0.15) is 0 Å². The second kappa shape index (κ2) is 2.69. The molecule has 0 saturated carbocycles. The predicted molar refractivity (Wildman–Crippen MR) is 47.2 cm³/mol. The first-order chi connectivity index (χ1) is 6.16. The molecule has 0 saturated heterocycles. The Morgan fingerprint density at radius 1 is 1.31 bits per heavy atom. The lowest BCUT2D eigenvalue weighted by Crippen LogP contribution is -2.00. The van der Waals surface area contributed by atoms with E-state index in [1.165, 1.54) is 24.3 Å². The van der Waals surface area contributed by atoms with E-state index in [0.717, 1.165) is 0 Å². The molecule has 0 aliphatic heterocycles. The summed E-state index contributed by atoms with van der Waals surface area (Å²) in [6, 6.07) is 5.27. The van der Waals surface area contributed by atoms with E-state index in [0.29, 0.717) is 16.7 Å². The standard InChI is InChI=1S/C10H7FO2/c1-6-4-9(12)8-3-2-7(11)5-10(8)13-6/h2-5H,1H3. The van der Waals surface area contributed by atoms with Crippen molar-refractivity contribution < 1.29 is 8.81 Å². The molecule has 0 aliphatic carbocycles. The first-order valence-corrected chi connectivity index (χ1v) is 3.87. The second-order valence-corrected chi connectivity index (χ2v) is 2.86. The lowest BCUT2D eigenvalue weighted by Gasteiger charge is -1.97. The zero-order valence-electron chi connectivity index (χ0n) is 7.00. The molecule has 2 aromatic rings. The summed E-state index contributed by atoms with van der Waals surface area (Å²) < 4.78 is 17.9. The Balaban J connectivity index is 2.95. The van der Waals surface area contributed by atoms with E-state index >= 15 is 0 Å². The smallest absolute Gasteiger partial charge is 0.192 e. The molecule has 1 heterocycles. The van der Waals surface area contributed by atoms with Gasteiger partial charge in [-0.3, -0.25) is 4.79 Å². The zero-order chi connectivity index (χ0) is 9.42. The summed E-state index contributed by atoms with van der Waals surface area (Å²) in [4.78, 5) is 11.3. The van der Waals surface area contributed by atoms with Crippen molar-refractivity contribution in [2.45, 2.75) is 6.92 Å². The molecule has 0 unspecified atom stereocenters. The summed E-state index contributed by atoms with van der Waals surface area (Å²) in [5.74, 6) is 0.0874. The van der Waals surface area contributed by atoms with Gasteiger partial charge in [0.1, 0.15) is 17.2 Å². The normalized spacial score (nSPS) is 10.6. The van der Waals surface area contributed by atoms with Crippen LogP contribution in [-0.2, 0) is 0 Å². The van der Waals surface area contributed by atoms with Crippen LogP contribution in [0.25, 0.3) is 11.0 Å². The van der Waals surface area contributed by atoms with Crippen molar-refractivity contribution in [1.82, 2.24) is 0 Å². The van der Waals surface area contributed by atoms with Crippen LogP contribution in [0.1, 0.15) is 5.76 Å². The molecule has 0 bridgehead atoms. The molecule has 66 valence electrons. The number of benzene rings is 1. The Kier molecular flexibility index (Phi) is 1.65. The first kappa shape index (κ1) is 7.98. The highest BCUT2D eigenvalue weighted by atomic mass is 19.1. The summed E-state index contributed by atoms with van der Waals surface area (Å²) in [6.45, 7) is 1.66. The average Bonchev–Trinajstić information content (AvgIpc) is 2.02. The molecule has 0 spiro atoms. The van der Waals surface area contributed by atoms with Crippen molar-refractivity contribution in [2.75, 3.05) is 0 Å². The summed E-state index contributed by atoms with van der Waals surface area (Å²) in [7, 11) is 0. The molecule has 1 aromatic carbocycles. The van der Waals surface area contributed by atoms with Crippen LogP contribution in [-0.4, -0.2) is 0 Å². The second-order valence-electron chi connectivity index (χ2n) is 2.86. The quantitative estimate of drug-likeness (QED) is 0.619. The molecule has 13 heavy (non-hydrogen) atoms. The van der Waals surface area contributed by atoms with E-state index in [1.54, 1.807) is 6.92 Å². The highest BCUT2D eigenvalue weighted by molar-refractivity contribution is 5.76. The largest absolute Gasteiger partial charge is 0.461 e. The van der Waals surface area contributed by atoms with Gasteiger partial charge in [-0.1, -0.05) is 0 Å². The maximum absolute atomic E-state index is 12.7. The molecule has 0 amide bonds. The van der Waals surface area contributed by atoms with Gasteiger partial charge in [-0.25, -0.2) is 4.39 Å². The van der Waals surface area contributed by atoms with E-state index in [9.17, 15) is 9.18 Å². The zero-order valence-corrected chi connectivity index (χ0v) is 7.00. The van der Waals surface area contributed by atoms with Gasteiger partial charge in [0.2, 0.25) is 0 Å². The van der Waals surface area contributed by atoms with Crippen LogP contribution in [0.5, 0.6) is 0 Å². The molecule has 3 heteroatoms. The van der Waals surface area contributed by atoms with Gasteiger partial charge >= 0.3 is 0 Å². The molecular formula is C10H7FO2. The summed E-state index contributed by atoms with van der Waals surface area (Å²) >= 11 is 0. The third-order valence-electron chi connectivity index (χ3n) is 1.81. The Labute approximate surface area is 73.6 Å². The highest BCUT2D eigenvalue weighted by Crippen LogP contribution is 2.12. The van der Waals surface area contributed by atoms with Crippen molar-refractivity contribution in [3.8, 4) is 0 Å². The number of halogens is 1. The molecule has 0 aliphatic rings. The van der Waals surface area contributed by atoms with E-state index in [-0.39, 0.29) is 5.43 Å². The van der Waals surface area contributed by atoms with E-state index in [2.05, 4.69) is 0 Å². The Morgan fingerprint density at radius 3 is 2.85 bits per heavy atom. The van der Waals surface area contributed by atoms with Crippen LogP contribution in [0.4, 0.5) is 4.39 Å². The van der Waals surface area contributed by atoms with E-state index < -0.39 is 5.82 Å². The minimum atomic E-state index is -0.402. The first-order valence-electron chi connectivity index (χ1n) is 3.87. The van der Waals surface area contributed by atoms with Crippen LogP contribution >= 0.6 is 0 Å². The molecule has 2 nitrogen and oxygen atoms in total. The molecule has 1 aromatic heterocycles. The third-order valence-corrected chi connectivity index (χ3v) is 1.81. The van der Waals surface area contributed by atoms with Crippen LogP contribution < -0.4 is 5.43 Å². The van der Waals surface area contributed by atoms with Gasteiger partial charge in [-0.15, -0.1) is 0 Å². The Bertz CT molecular complexity index is 509. The number of aryl methyl sites for hydroxylation is 1. The molecule has 0 fully saturated rings. The van der Waals surface area contributed by atoms with Crippen molar-refractivity contribution >= 4 is 11.0 Å². The number of rotatable bonds is 0. The average molecular weight is 178 g/mol. The van der Waals surface area contributed by atoms with Crippen molar-refractivity contribution in [2.24, 2.45) is 0 Å². The van der Waals surface area contributed by atoms with Crippen LogP contribution in [0.15, 0.2) is 33.5 Å². The maximum atomic E-state index is 12.7. The van der Waals surface area contributed by atoms with E-state index in [4.69, 9.17) is 4.42 Å². The lowest BCUT2D eigenvalue weighted by molar-refractivity contribution is 0.557. The van der Waals surface area contributed by atoms with Gasteiger partial charge in [-0.05, 0) is 19.1 Å². The predicted octanol–water partition coefficient (Wildman–Crippen LogP) is 2.24. The highest BCUT2D eigenvalue weighted by Gasteiger charge is 2.02. The fourth-order valence-electron chi connectivity index (χ4n) is 1.25. The number of hydrogen-bond donors (Lipinski definition) is 0. The molecular weight excluding hydrogens is 171 g/mol. The molecule has 0 N–H and O–H groups in total. The molecule has 2 rings (SSSR count). The molecule has 0 atom stereocenters. The monoisotopic (exact) mass is 178 g/mol. The molecule has 0 radical (unpaired) electrons. The fraction of sp³-hybridized carbons (Fsp3) is 0.100. The van der Waals surface area contributed by atoms with Crippen molar-refractivity contribution in [1.29, 1.82) is 0 Å². The van der Waals surface area contributed by atoms with Gasteiger partial charge < -0.3 is 4.42 Å². The topological polar surface area (TPSA) is 30.2 Å². The van der Waals surface area contributed by atoms with Crippen LogP contribution in [0.3, 0.4) is 0 Å². The Morgan fingerprint density at radius 2 is 2.08 bits per heavy atom. The number of hydrogen-bond acceptors (Lipinski definition) is 2.